The van der Waals surface area contributed by atoms with Gasteiger partial charge in [-0.25, -0.2) is 0 Å². The van der Waals surface area contributed by atoms with Crippen molar-refractivity contribution in [3.05, 3.63) is 0 Å². The number of rotatable bonds is 8. The molecule has 5 nitrogen and oxygen atoms in total. The lowest BCUT2D eigenvalue weighted by Gasteiger charge is -2.35. The number of ether oxygens (including phenoxy) is 1. The molecular weight excluding hydrogens is 254 g/mol. The highest BCUT2D eigenvalue weighted by Gasteiger charge is 2.20. The van der Waals surface area contributed by atoms with E-state index in [2.05, 4.69) is 15.9 Å². The number of hydrogen-bond acceptors (Lipinski definition) is 5. The number of esters is 1. The number of nitriles is 1. The van der Waals surface area contributed by atoms with Crippen LogP contribution in [0.25, 0.3) is 0 Å². The predicted molar refractivity (Wildman–Crippen MR) is 78.2 cm³/mol. The summed E-state index contributed by atoms with van der Waals surface area (Å²) in [5, 5.41) is 8.89. The Hall–Kier alpha value is -1.12. The van der Waals surface area contributed by atoms with Crippen molar-refractivity contribution in [2.45, 2.75) is 45.6 Å². The van der Waals surface area contributed by atoms with Crippen molar-refractivity contribution in [1.82, 2.24) is 9.80 Å². The Morgan fingerprint density at radius 3 is 2.55 bits per heavy atom. The summed E-state index contributed by atoms with van der Waals surface area (Å²) in [6, 6.07) is 2.32. The van der Waals surface area contributed by atoms with Gasteiger partial charge in [0.15, 0.2) is 0 Å². The van der Waals surface area contributed by atoms with Gasteiger partial charge in [0.05, 0.1) is 18.7 Å². The van der Waals surface area contributed by atoms with Gasteiger partial charge in [-0.05, 0) is 33.2 Å². The molecule has 1 aliphatic heterocycles. The molecule has 0 aromatic heterocycles. The summed E-state index contributed by atoms with van der Waals surface area (Å²) in [7, 11) is 0. The zero-order chi connectivity index (χ0) is 14.8. The molecule has 0 spiro atoms. The highest BCUT2D eigenvalue weighted by Crippen LogP contribution is 2.08. The number of hydrogen-bond donors (Lipinski definition) is 0. The van der Waals surface area contributed by atoms with Gasteiger partial charge in [-0.15, -0.1) is 0 Å². The lowest BCUT2D eigenvalue weighted by Crippen LogP contribution is -2.49. The second-order valence-electron chi connectivity index (χ2n) is 5.30. The second-order valence-corrected chi connectivity index (χ2v) is 5.30. The van der Waals surface area contributed by atoms with E-state index in [9.17, 15) is 4.79 Å². The number of piperazine rings is 1. The van der Waals surface area contributed by atoms with Gasteiger partial charge in [0, 0.05) is 32.6 Å². The summed E-state index contributed by atoms with van der Waals surface area (Å²) in [4.78, 5) is 15.9. The fourth-order valence-corrected chi connectivity index (χ4v) is 2.47. The maximum atomic E-state index is 11.2. The normalized spacial score (nSPS) is 18.4. The zero-order valence-corrected chi connectivity index (χ0v) is 12.8. The summed E-state index contributed by atoms with van der Waals surface area (Å²) >= 11 is 0. The van der Waals surface area contributed by atoms with Crippen LogP contribution in [0.5, 0.6) is 0 Å². The van der Waals surface area contributed by atoms with Crippen LogP contribution >= 0.6 is 0 Å². The van der Waals surface area contributed by atoms with Crippen molar-refractivity contribution < 1.29 is 9.53 Å². The van der Waals surface area contributed by atoms with Crippen molar-refractivity contribution >= 4 is 5.97 Å². The lowest BCUT2D eigenvalue weighted by atomic mass is 10.1. The van der Waals surface area contributed by atoms with Gasteiger partial charge in [0.25, 0.3) is 0 Å². The summed E-state index contributed by atoms with van der Waals surface area (Å²) in [6.07, 6.45) is 3.67. The van der Waals surface area contributed by atoms with Crippen molar-refractivity contribution in [3.63, 3.8) is 0 Å². The maximum absolute atomic E-state index is 11.2. The van der Waals surface area contributed by atoms with Crippen LogP contribution in [0, 0.1) is 11.3 Å². The third-order valence-corrected chi connectivity index (χ3v) is 3.80. The predicted octanol–water partition coefficient (Wildman–Crippen LogP) is 1.64. The van der Waals surface area contributed by atoms with E-state index in [0.717, 1.165) is 52.0 Å². The number of carbonyl (C=O) groups is 1. The van der Waals surface area contributed by atoms with Crippen molar-refractivity contribution in [2.24, 2.45) is 0 Å². The Balaban J connectivity index is 2.02. The Labute approximate surface area is 122 Å². The molecule has 1 atom stereocenters. The standard InChI is InChI=1S/C15H27N3O2/c1-3-20-15(19)7-5-4-6-8-17-9-11-18(12-10-17)14(2)13-16/h14H,3-12H2,1-2H3. The molecule has 0 amide bonds. The Morgan fingerprint density at radius 2 is 1.95 bits per heavy atom. The van der Waals surface area contributed by atoms with Crippen LogP contribution < -0.4 is 0 Å². The van der Waals surface area contributed by atoms with Crippen LogP contribution in [0.15, 0.2) is 0 Å². The van der Waals surface area contributed by atoms with Crippen LogP contribution in [-0.4, -0.2) is 61.1 Å². The Bertz CT molecular complexity index is 320. The molecule has 1 fully saturated rings. The molecule has 1 heterocycles. The highest BCUT2D eigenvalue weighted by atomic mass is 16.5. The third kappa shape index (κ3) is 6.36. The first-order chi connectivity index (χ1) is 9.67. The van der Waals surface area contributed by atoms with Crippen LogP contribution in [-0.2, 0) is 9.53 Å². The van der Waals surface area contributed by atoms with Crippen molar-refractivity contribution in [2.75, 3.05) is 39.3 Å². The molecule has 114 valence electrons. The average molecular weight is 281 g/mol. The molecule has 1 saturated heterocycles. The summed E-state index contributed by atoms with van der Waals surface area (Å²) < 4.78 is 4.90. The van der Waals surface area contributed by atoms with Crippen LogP contribution in [0.4, 0.5) is 0 Å². The van der Waals surface area contributed by atoms with E-state index < -0.39 is 0 Å². The first-order valence-corrected chi connectivity index (χ1v) is 7.69. The van der Waals surface area contributed by atoms with Gasteiger partial charge < -0.3 is 9.64 Å². The third-order valence-electron chi connectivity index (χ3n) is 3.80. The summed E-state index contributed by atoms with van der Waals surface area (Å²) in [6.45, 7) is 9.43. The van der Waals surface area contributed by atoms with E-state index >= 15 is 0 Å². The van der Waals surface area contributed by atoms with Crippen LogP contribution in [0.2, 0.25) is 0 Å². The first kappa shape index (κ1) is 16.9. The summed E-state index contributed by atoms with van der Waals surface area (Å²) in [5.74, 6) is -0.0772. The quantitative estimate of drug-likeness (QED) is 0.500. The lowest BCUT2D eigenvalue weighted by molar-refractivity contribution is -0.143. The fraction of sp³-hybridized carbons (Fsp3) is 0.867. The molecule has 20 heavy (non-hydrogen) atoms. The molecule has 0 aromatic rings. The van der Waals surface area contributed by atoms with Crippen molar-refractivity contribution in [1.29, 1.82) is 5.26 Å². The van der Waals surface area contributed by atoms with Gasteiger partial charge in [-0.3, -0.25) is 9.69 Å². The SMILES string of the molecule is CCOC(=O)CCCCCN1CCN(C(C)C#N)CC1. The van der Waals surface area contributed by atoms with E-state index in [4.69, 9.17) is 10.00 Å². The fourth-order valence-electron chi connectivity index (χ4n) is 2.47. The van der Waals surface area contributed by atoms with Gasteiger partial charge in [-0.2, -0.15) is 5.26 Å². The average Bonchev–Trinajstić information content (AvgIpc) is 2.47. The maximum Gasteiger partial charge on any atom is 0.305 e. The van der Waals surface area contributed by atoms with Crippen LogP contribution in [0.3, 0.4) is 0 Å². The number of nitrogens with zero attached hydrogens (tertiary/aromatic N) is 3. The van der Waals surface area contributed by atoms with E-state index in [1.165, 1.54) is 0 Å². The minimum atomic E-state index is -0.0772. The van der Waals surface area contributed by atoms with Crippen LogP contribution in [0.1, 0.15) is 39.5 Å². The summed E-state index contributed by atoms with van der Waals surface area (Å²) in [5.41, 5.74) is 0. The molecule has 0 aromatic carbocycles. The Morgan fingerprint density at radius 1 is 1.25 bits per heavy atom. The monoisotopic (exact) mass is 281 g/mol. The molecule has 0 N–H and O–H groups in total. The first-order valence-electron chi connectivity index (χ1n) is 7.69. The van der Waals surface area contributed by atoms with E-state index in [1.54, 1.807) is 0 Å². The van der Waals surface area contributed by atoms with E-state index in [0.29, 0.717) is 13.0 Å². The second kappa shape index (κ2) is 9.73. The highest BCUT2D eigenvalue weighted by molar-refractivity contribution is 5.69. The minimum absolute atomic E-state index is 0.0294. The number of unbranched alkanes of at least 4 members (excludes halogenated alkanes) is 2. The molecule has 1 aliphatic rings. The van der Waals surface area contributed by atoms with Gasteiger partial charge in [0.1, 0.15) is 0 Å². The van der Waals surface area contributed by atoms with Gasteiger partial charge in [0.2, 0.25) is 0 Å². The molecule has 1 rings (SSSR count). The molecule has 0 bridgehead atoms. The van der Waals surface area contributed by atoms with Gasteiger partial charge in [-0.1, -0.05) is 6.42 Å². The van der Waals surface area contributed by atoms with E-state index in [1.807, 2.05) is 13.8 Å². The largest absolute Gasteiger partial charge is 0.466 e. The molecule has 0 saturated carbocycles. The Kier molecular flexibility index (Phi) is 8.24. The zero-order valence-electron chi connectivity index (χ0n) is 12.8. The van der Waals surface area contributed by atoms with E-state index in [-0.39, 0.29) is 12.0 Å². The topological polar surface area (TPSA) is 56.6 Å². The molecule has 0 aliphatic carbocycles. The smallest absolute Gasteiger partial charge is 0.305 e. The molecule has 1 unspecified atom stereocenters. The van der Waals surface area contributed by atoms with Crippen molar-refractivity contribution in [3.8, 4) is 6.07 Å². The van der Waals surface area contributed by atoms with Gasteiger partial charge >= 0.3 is 5.97 Å². The molecular formula is C15H27N3O2. The molecule has 5 heteroatoms. The molecule has 0 radical (unpaired) electrons. The number of carbonyl (C=O) groups excluding carboxylic acids is 1. The minimum Gasteiger partial charge on any atom is -0.466 e.